The van der Waals surface area contributed by atoms with E-state index in [1.54, 1.807) is 13.0 Å². The molecule has 1 aromatic carbocycles. The first-order valence-electron chi connectivity index (χ1n) is 11.9. The van der Waals surface area contributed by atoms with Gasteiger partial charge in [0.1, 0.15) is 11.9 Å². The van der Waals surface area contributed by atoms with Gasteiger partial charge in [-0.2, -0.15) is 0 Å². The van der Waals surface area contributed by atoms with Crippen LogP contribution >= 0.6 is 0 Å². The standard InChI is InChI=1S/C24H31N5O6/c1-15-25-17-5-3-6-18(21(17)23(32)29(15)19-7-8-20(30)26-22(19)31)27(2)11-4-14-35-16-9-12-28(13-10-16)24(33)34/h3,5-6,16,19H,4,7-14H2,1-2H3,(H,33,34)(H,26,30,31). The average molecular weight is 486 g/mol. The molecule has 0 bridgehead atoms. The van der Waals surface area contributed by atoms with Gasteiger partial charge >= 0.3 is 6.09 Å². The fourth-order valence-electron chi connectivity index (χ4n) is 4.84. The van der Waals surface area contributed by atoms with Crippen molar-refractivity contribution in [3.05, 3.63) is 34.4 Å². The van der Waals surface area contributed by atoms with Crippen molar-refractivity contribution in [2.45, 2.75) is 51.2 Å². The van der Waals surface area contributed by atoms with Crippen LogP contribution in [0.15, 0.2) is 23.0 Å². The Hall–Kier alpha value is -3.47. The number of fused-ring (bicyclic) bond motifs is 1. The molecule has 2 fully saturated rings. The molecular weight excluding hydrogens is 454 g/mol. The molecule has 2 N–H and O–H groups in total. The number of benzene rings is 1. The van der Waals surface area contributed by atoms with Crippen molar-refractivity contribution in [3.63, 3.8) is 0 Å². The lowest BCUT2D eigenvalue weighted by Crippen LogP contribution is -2.45. The zero-order valence-electron chi connectivity index (χ0n) is 20.0. The highest BCUT2D eigenvalue weighted by atomic mass is 16.5. The van der Waals surface area contributed by atoms with E-state index in [2.05, 4.69) is 10.3 Å². The second kappa shape index (κ2) is 10.4. The minimum absolute atomic E-state index is 0.0568. The van der Waals surface area contributed by atoms with Crippen LogP contribution in [0.4, 0.5) is 10.5 Å². The average Bonchev–Trinajstić information content (AvgIpc) is 2.82. The first-order valence-corrected chi connectivity index (χ1v) is 11.9. The summed E-state index contributed by atoms with van der Waals surface area (Å²) in [5.41, 5.74) is 0.975. The summed E-state index contributed by atoms with van der Waals surface area (Å²) >= 11 is 0. The molecule has 2 aromatic rings. The van der Waals surface area contributed by atoms with E-state index < -0.39 is 18.0 Å². The molecular formula is C24H31N5O6. The Labute approximate surface area is 202 Å². The molecule has 0 radical (unpaired) electrons. The molecule has 11 nitrogen and oxygen atoms in total. The molecule has 2 saturated heterocycles. The van der Waals surface area contributed by atoms with Gasteiger partial charge in [-0.25, -0.2) is 9.78 Å². The van der Waals surface area contributed by atoms with Gasteiger partial charge in [-0.15, -0.1) is 0 Å². The Kier molecular flexibility index (Phi) is 7.34. The monoisotopic (exact) mass is 485 g/mol. The van der Waals surface area contributed by atoms with Gasteiger partial charge in [0, 0.05) is 39.7 Å². The predicted octanol–water partition coefficient (Wildman–Crippen LogP) is 1.67. The maximum Gasteiger partial charge on any atom is 0.407 e. The first kappa shape index (κ1) is 24.6. The fourth-order valence-corrected chi connectivity index (χ4v) is 4.84. The number of likely N-dealkylation sites (tertiary alicyclic amines) is 1. The van der Waals surface area contributed by atoms with Crippen molar-refractivity contribution >= 4 is 34.5 Å². The van der Waals surface area contributed by atoms with Gasteiger partial charge in [-0.05, 0) is 44.7 Å². The largest absolute Gasteiger partial charge is 0.465 e. The van der Waals surface area contributed by atoms with Gasteiger partial charge in [-0.3, -0.25) is 24.3 Å². The number of amides is 3. The van der Waals surface area contributed by atoms with Crippen LogP contribution in [0.25, 0.3) is 10.9 Å². The first-order chi connectivity index (χ1) is 16.8. The number of nitrogens with zero attached hydrogens (tertiary/aromatic N) is 4. The van der Waals surface area contributed by atoms with E-state index in [-0.39, 0.29) is 30.4 Å². The molecule has 1 aromatic heterocycles. The molecule has 35 heavy (non-hydrogen) atoms. The highest BCUT2D eigenvalue weighted by Crippen LogP contribution is 2.25. The van der Waals surface area contributed by atoms with Gasteiger partial charge < -0.3 is 19.6 Å². The number of carbonyl (C=O) groups excluding carboxylic acids is 2. The molecule has 1 unspecified atom stereocenters. The molecule has 3 heterocycles. The number of hydrogen-bond donors (Lipinski definition) is 2. The number of piperidine rings is 2. The molecule has 0 spiro atoms. The van der Waals surface area contributed by atoms with E-state index in [0.29, 0.717) is 55.8 Å². The van der Waals surface area contributed by atoms with Crippen molar-refractivity contribution in [3.8, 4) is 0 Å². The van der Waals surface area contributed by atoms with Crippen LogP contribution in [0, 0.1) is 6.92 Å². The van der Waals surface area contributed by atoms with Crippen LogP contribution in [-0.4, -0.2) is 76.9 Å². The van der Waals surface area contributed by atoms with Crippen molar-refractivity contribution in [1.29, 1.82) is 0 Å². The van der Waals surface area contributed by atoms with Gasteiger partial charge in [0.15, 0.2) is 0 Å². The van der Waals surface area contributed by atoms with Crippen LogP contribution in [-0.2, 0) is 14.3 Å². The molecule has 11 heteroatoms. The SMILES string of the molecule is Cc1nc2cccc(N(C)CCCOC3CCN(C(=O)O)CC3)c2c(=O)n1C1CCC(=O)NC1=O. The van der Waals surface area contributed by atoms with Crippen LogP contribution in [0.5, 0.6) is 0 Å². The summed E-state index contributed by atoms with van der Waals surface area (Å²) in [4.78, 5) is 56.6. The minimum atomic E-state index is -0.887. The molecule has 0 aliphatic carbocycles. The lowest BCUT2D eigenvalue weighted by atomic mass is 10.0. The van der Waals surface area contributed by atoms with Crippen molar-refractivity contribution in [2.75, 3.05) is 38.2 Å². The fraction of sp³-hybridized carbons (Fsp3) is 0.542. The number of aromatic nitrogens is 2. The number of hydrogen-bond acceptors (Lipinski definition) is 7. The van der Waals surface area contributed by atoms with E-state index >= 15 is 0 Å². The van der Waals surface area contributed by atoms with Crippen LogP contribution in [0.1, 0.15) is 44.0 Å². The number of aryl methyl sites for hydroxylation is 1. The number of carboxylic acid groups (broad SMARTS) is 1. The second-order valence-corrected chi connectivity index (χ2v) is 9.09. The second-order valence-electron chi connectivity index (χ2n) is 9.09. The molecule has 0 saturated carbocycles. The van der Waals surface area contributed by atoms with E-state index in [1.807, 2.05) is 24.1 Å². The highest BCUT2D eigenvalue weighted by molar-refractivity contribution is 5.99. The Morgan fingerprint density at radius 1 is 1.23 bits per heavy atom. The minimum Gasteiger partial charge on any atom is -0.465 e. The molecule has 2 aliphatic heterocycles. The zero-order chi connectivity index (χ0) is 25.1. The summed E-state index contributed by atoms with van der Waals surface area (Å²) < 4.78 is 7.34. The number of carbonyl (C=O) groups is 3. The van der Waals surface area contributed by atoms with Gasteiger partial charge in [0.25, 0.3) is 5.56 Å². The lowest BCUT2D eigenvalue weighted by molar-refractivity contribution is -0.135. The van der Waals surface area contributed by atoms with Crippen LogP contribution < -0.4 is 15.8 Å². The molecule has 2 aliphatic rings. The van der Waals surface area contributed by atoms with Crippen LogP contribution in [0.3, 0.4) is 0 Å². The van der Waals surface area contributed by atoms with Gasteiger partial charge in [-0.1, -0.05) is 6.07 Å². The van der Waals surface area contributed by atoms with E-state index in [4.69, 9.17) is 9.84 Å². The molecule has 188 valence electrons. The number of ether oxygens (including phenoxy) is 1. The summed E-state index contributed by atoms with van der Waals surface area (Å²) in [6.45, 7) is 3.84. The number of imide groups is 1. The third kappa shape index (κ3) is 5.29. The Morgan fingerprint density at radius 3 is 2.66 bits per heavy atom. The number of nitrogens with one attached hydrogen (secondary N) is 1. The summed E-state index contributed by atoms with van der Waals surface area (Å²) in [7, 11) is 1.90. The lowest BCUT2D eigenvalue weighted by Gasteiger charge is -2.30. The predicted molar refractivity (Wildman–Crippen MR) is 129 cm³/mol. The number of anilines is 1. The van der Waals surface area contributed by atoms with Crippen molar-refractivity contribution in [1.82, 2.24) is 19.8 Å². The third-order valence-electron chi connectivity index (χ3n) is 6.72. The smallest absolute Gasteiger partial charge is 0.407 e. The number of rotatable bonds is 7. The van der Waals surface area contributed by atoms with E-state index in [0.717, 1.165) is 12.1 Å². The topological polar surface area (TPSA) is 134 Å². The maximum absolute atomic E-state index is 13.6. The quantitative estimate of drug-likeness (QED) is 0.447. The van der Waals surface area contributed by atoms with Gasteiger partial charge in [0.05, 0.1) is 22.7 Å². The summed E-state index contributed by atoms with van der Waals surface area (Å²) in [5.74, 6) is -0.385. The van der Waals surface area contributed by atoms with Crippen molar-refractivity contribution in [2.24, 2.45) is 0 Å². The molecule has 4 rings (SSSR count). The van der Waals surface area contributed by atoms with Crippen LogP contribution in [0.2, 0.25) is 0 Å². The van der Waals surface area contributed by atoms with Crippen molar-refractivity contribution < 1.29 is 24.2 Å². The summed E-state index contributed by atoms with van der Waals surface area (Å²) in [5, 5.41) is 11.8. The Balaban J connectivity index is 1.45. The Morgan fingerprint density at radius 2 is 1.97 bits per heavy atom. The Bertz CT molecular complexity index is 1190. The molecule has 3 amide bonds. The highest BCUT2D eigenvalue weighted by Gasteiger charge is 2.31. The normalized spacial score (nSPS) is 19.1. The zero-order valence-corrected chi connectivity index (χ0v) is 20.0. The van der Waals surface area contributed by atoms with E-state index in [9.17, 15) is 19.2 Å². The third-order valence-corrected chi connectivity index (χ3v) is 6.72. The molecule has 1 atom stereocenters. The van der Waals surface area contributed by atoms with Gasteiger partial charge in [0.2, 0.25) is 11.8 Å². The maximum atomic E-state index is 13.6. The van der Waals surface area contributed by atoms with E-state index in [1.165, 1.54) is 9.47 Å². The summed E-state index contributed by atoms with van der Waals surface area (Å²) in [6.07, 6.45) is 1.72. The summed E-state index contributed by atoms with van der Waals surface area (Å²) in [6, 6.07) is 4.72.